The first-order chi connectivity index (χ1) is 13.6. The van der Waals surface area contributed by atoms with Crippen molar-refractivity contribution in [1.29, 1.82) is 0 Å². The largest absolute Gasteiger partial charge is 0.504 e. The van der Waals surface area contributed by atoms with Gasteiger partial charge < -0.3 is 14.5 Å². The highest BCUT2D eigenvalue weighted by molar-refractivity contribution is 5.88. The molecule has 1 aromatic heterocycles. The van der Waals surface area contributed by atoms with Crippen LogP contribution in [0.2, 0.25) is 0 Å². The van der Waals surface area contributed by atoms with Crippen LogP contribution in [-0.4, -0.2) is 43.2 Å². The normalized spacial score (nSPS) is 17.2. The Morgan fingerprint density at radius 1 is 1.25 bits per heavy atom. The van der Waals surface area contributed by atoms with Crippen LogP contribution in [0.1, 0.15) is 37.9 Å². The lowest BCUT2D eigenvalue weighted by Crippen LogP contribution is -2.37. The zero-order valence-corrected chi connectivity index (χ0v) is 17.5. The first-order valence-corrected chi connectivity index (χ1v) is 10.2. The van der Waals surface area contributed by atoms with Crippen molar-refractivity contribution in [3.05, 3.63) is 47.4 Å². The van der Waals surface area contributed by atoms with Crippen LogP contribution in [0.3, 0.4) is 0 Å². The smallest absolute Gasteiger partial charge is 0.337 e. The van der Waals surface area contributed by atoms with Crippen molar-refractivity contribution in [2.24, 2.45) is 11.8 Å². The number of aromatic amines is 1. The number of ether oxygens (including phenoxy) is 2. The van der Waals surface area contributed by atoms with Gasteiger partial charge in [-0.25, -0.2) is 4.79 Å². The van der Waals surface area contributed by atoms with Gasteiger partial charge in [0.1, 0.15) is 0 Å². The first kappa shape index (κ1) is 20.5. The second-order valence-electron chi connectivity index (χ2n) is 7.60. The number of carbonyl (C=O) groups excluding carboxylic acids is 1. The van der Waals surface area contributed by atoms with Crippen LogP contribution in [0.25, 0.3) is 10.9 Å². The van der Waals surface area contributed by atoms with E-state index in [0.29, 0.717) is 11.5 Å². The quantitative estimate of drug-likeness (QED) is 0.419. The van der Waals surface area contributed by atoms with Crippen LogP contribution in [0.15, 0.2) is 36.1 Å². The van der Waals surface area contributed by atoms with E-state index in [0.717, 1.165) is 38.9 Å². The van der Waals surface area contributed by atoms with Crippen LogP contribution in [0, 0.1) is 11.8 Å². The molecule has 2 atom stereocenters. The third-order valence-corrected chi connectivity index (χ3v) is 6.05. The van der Waals surface area contributed by atoms with Gasteiger partial charge in [-0.05, 0) is 36.3 Å². The number of nitrogens with one attached hydrogen (secondary N) is 1. The van der Waals surface area contributed by atoms with Gasteiger partial charge in [-0.3, -0.25) is 4.90 Å². The molecule has 0 amide bonds. The molecule has 5 nitrogen and oxygen atoms in total. The van der Waals surface area contributed by atoms with Crippen molar-refractivity contribution in [2.45, 2.75) is 39.7 Å². The number of rotatable bonds is 8. The van der Waals surface area contributed by atoms with Gasteiger partial charge in [0, 0.05) is 36.2 Å². The summed E-state index contributed by atoms with van der Waals surface area (Å²) in [5.41, 5.74) is 4.66. The number of aromatic nitrogens is 1. The average molecular weight is 385 g/mol. The molecule has 0 aliphatic carbocycles. The minimum atomic E-state index is -0.288. The number of fused-ring (bicyclic) bond motifs is 3. The number of hydrogen-bond acceptors (Lipinski definition) is 4. The van der Waals surface area contributed by atoms with E-state index < -0.39 is 0 Å². The van der Waals surface area contributed by atoms with E-state index in [1.54, 1.807) is 13.4 Å². The van der Waals surface area contributed by atoms with Gasteiger partial charge in [0.05, 0.1) is 26.1 Å². The highest BCUT2D eigenvalue weighted by Gasteiger charge is 2.30. The fraction of sp³-hybridized carbons (Fsp3) is 0.522. The molecule has 2 heterocycles. The highest BCUT2D eigenvalue weighted by Crippen LogP contribution is 2.32. The Balaban J connectivity index is 1.77. The molecule has 5 heteroatoms. The molecule has 0 saturated heterocycles. The molecule has 0 bridgehead atoms. The molecule has 1 aromatic carbocycles. The molecular formula is C23H32N2O3. The van der Waals surface area contributed by atoms with E-state index in [4.69, 9.17) is 9.47 Å². The monoisotopic (exact) mass is 384 g/mol. The summed E-state index contributed by atoms with van der Waals surface area (Å²) >= 11 is 0. The van der Waals surface area contributed by atoms with E-state index >= 15 is 0 Å². The third kappa shape index (κ3) is 4.09. The number of H-pyrrole nitrogens is 1. The molecule has 1 aliphatic rings. The SMILES string of the molecule is CCC(CN1CCc2c([nH]c3ccccc23)C1)C(CC)/C(=C\OC)C(=O)OC. The molecule has 0 spiro atoms. The lowest BCUT2D eigenvalue weighted by molar-refractivity contribution is -0.137. The fourth-order valence-corrected chi connectivity index (χ4v) is 4.62. The molecule has 1 aliphatic heterocycles. The van der Waals surface area contributed by atoms with Crippen LogP contribution in [0.4, 0.5) is 0 Å². The summed E-state index contributed by atoms with van der Waals surface area (Å²) in [5.74, 6) is 0.210. The van der Waals surface area contributed by atoms with Crippen molar-refractivity contribution in [2.75, 3.05) is 27.3 Å². The number of nitrogens with zero attached hydrogens (tertiary/aromatic N) is 1. The highest BCUT2D eigenvalue weighted by atomic mass is 16.5. The van der Waals surface area contributed by atoms with Crippen LogP contribution in [0.5, 0.6) is 0 Å². The molecule has 1 N–H and O–H groups in total. The summed E-state index contributed by atoms with van der Waals surface area (Å²) in [6, 6.07) is 8.55. The van der Waals surface area contributed by atoms with E-state index in [9.17, 15) is 4.79 Å². The van der Waals surface area contributed by atoms with Crippen molar-refractivity contribution in [1.82, 2.24) is 9.88 Å². The number of carbonyl (C=O) groups is 1. The molecule has 0 fully saturated rings. The van der Waals surface area contributed by atoms with Gasteiger partial charge in [-0.1, -0.05) is 38.5 Å². The summed E-state index contributed by atoms with van der Waals surface area (Å²) in [6.45, 7) is 7.27. The molecular weight excluding hydrogens is 352 g/mol. The number of methoxy groups -OCH3 is 2. The maximum Gasteiger partial charge on any atom is 0.337 e. The lowest BCUT2D eigenvalue weighted by Gasteiger charge is -2.34. The molecule has 3 rings (SSSR count). The van der Waals surface area contributed by atoms with Crippen molar-refractivity contribution < 1.29 is 14.3 Å². The summed E-state index contributed by atoms with van der Waals surface area (Å²) in [5, 5.41) is 1.35. The van der Waals surface area contributed by atoms with Crippen molar-refractivity contribution in [3.63, 3.8) is 0 Å². The van der Waals surface area contributed by atoms with E-state index in [1.165, 1.54) is 29.3 Å². The Morgan fingerprint density at radius 3 is 2.71 bits per heavy atom. The Bertz CT molecular complexity index is 839. The molecule has 2 aromatic rings. The summed E-state index contributed by atoms with van der Waals surface area (Å²) in [4.78, 5) is 18.4. The summed E-state index contributed by atoms with van der Waals surface area (Å²) in [7, 11) is 3.01. The van der Waals surface area contributed by atoms with Gasteiger partial charge in [0.25, 0.3) is 0 Å². The van der Waals surface area contributed by atoms with Gasteiger partial charge in [0.2, 0.25) is 0 Å². The zero-order chi connectivity index (χ0) is 20.1. The second-order valence-corrected chi connectivity index (χ2v) is 7.60. The Labute approximate surface area is 167 Å². The fourth-order valence-electron chi connectivity index (χ4n) is 4.62. The summed E-state index contributed by atoms with van der Waals surface area (Å²) < 4.78 is 10.2. The van der Waals surface area contributed by atoms with Crippen LogP contribution < -0.4 is 0 Å². The van der Waals surface area contributed by atoms with E-state index in [1.807, 2.05) is 0 Å². The Kier molecular flexibility index (Phi) is 6.79. The lowest BCUT2D eigenvalue weighted by atomic mass is 9.81. The predicted molar refractivity (Wildman–Crippen MR) is 112 cm³/mol. The topological polar surface area (TPSA) is 54.6 Å². The Hall–Kier alpha value is -2.27. The van der Waals surface area contributed by atoms with Gasteiger partial charge in [-0.2, -0.15) is 0 Å². The van der Waals surface area contributed by atoms with Gasteiger partial charge in [0.15, 0.2) is 0 Å². The van der Waals surface area contributed by atoms with Crippen molar-refractivity contribution in [3.8, 4) is 0 Å². The van der Waals surface area contributed by atoms with Crippen molar-refractivity contribution >= 4 is 16.9 Å². The number of esters is 1. The molecule has 0 radical (unpaired) electrons. The third-order valence-electron chi connectivity index (χ3n) is 6.05. The zero-order valence-electron chi connectivity index (χ0n) is 17.5. The average Bonchev–Trinajstić information content (AvgIpc) is 3.09. The van der Waals surface area contributed by atoms with Crippen LogP contribution >= 0.6 is 0 Å². The van der Waals surface area contributed by atoms with Gasteiger partial charge >= 0.3 is 5.97 Å². The Morgan fingerprint density at radius 2 is 2.04 bits per heavy atom. The first-order valence-electron chi connectivity index (χ1n) is 10.2. The maximum atomic E-state index is 12.3. The van der Waals surface area contributed by atoms with E-state index in [-0.39, 0.29) is 11.9 Å². The van der Waals surface area contributed by atoms with Gasteiger partial charge in [-0.15, -0.1) is 0 Å². The second kappa shape index (κ2) is 9.28. The number of benzene rings is 1. The standard InChI is InChI=1S/C23H32N2O3/c1-5-16(17(6-2)20(15-27-3)23(26)28-4)13-25-12-11-19-18-9-7-8-10-21(18)24-22(19)14-25/h7-10,15-17,24H,5-6,11-14H2,1-4H3/b20-15+. The summed E-state index contributed by atoms with van der Waals surface area (Å²) in [6.07, 6.45) is 4.51. The molecule has 0 saturated carbocycles. The minimum Gasteiger partial charge on any atom is -0.504 e. The molecule has 2 unspecified atom stereocenters. The van der Waals surface area contributed by atoms with E-state index in [2.05, 4.69) is 48.0 Å². The predicted octanol–water partition coefficient (Wildman–Crippen LogP) is 4.28. The minimum absolute atomic E-state index is 0.126. The number of hydrogen-bond donors (Lipinski definition) is 1. The number of para-hydroxylation sites is 1. The molecule has 28 heavy (non-hydrogen) atoms. The molecule has 152 valence electrons. The van der Waals surface area contributed by atoms with Crippen LogP contribution in [-0.2, 0) is 27.2 Å². The maximum absolute atomic E-state index is 12.3.